The molecule has 0 saturated carbocycles. The van der Waals surface area contributed by atoms with Crippen molar-refractivity contribution in [1.29, 1.82) is 0 Å². The van der Waals surface area contributed by atoms with Gasteiger partial charge < -0.3 is 0 Å². The molecular formula is C29H18O. The molecule has 0 radical (unpaired) electrons. The monoisotopic (exact) mass is 382 g/mol. The van der Waals surface area contributed by atoms with Gasteiger partial charge >= 0.3 is 0 Å². The van der Waals surface area contributed by atoms with Crippen LogP contribution in [0, 0.1) is 0 Å². The first-order valence-electron chi connectivity index (χ1n) is 10.6. The Kier molecular flexibility index (Phi) is 3.05. The third-order valence-electron chi connectivity index (χ3n) is 6.86. The lowest BCUT2D eigenvalue weighted by molar-refractivity contribution is -0.108. The van der Waals surface area contributed by atoms with Gasteiger partial charge in [0.15, 0.2) is 5.78 Å². The minimum absolute atomic E-state index is 0.138. The van der Waals surface area contributed by atoms with Gasteiger partial charge in [0.1, 0.15) is 0 Å². The highest BCUT2D eigenvalue weighted by molar-refractivity contribution is 6.61. The molecular weight excluding hydrogens is 364 g/mol. The summed E-state index contributed by atoms with van der Waals surface area (Å²) in [6.45, 7) is 0. The molecule has 0 heterocycles. The third kappa shape index (κ3) is 1.90. The minimum Gasteiger partial charge on any atom is -0.289 e. The molecule has 0 aromatic heterocycles. The fourth-order valence-corrected chi connectivity index (χ4v) is 5.65. The van der Waals surface area contributed by atoms with E-state index in [0.29, 0.717) is 0 Å². The van der Waals surface area contributed by atoms with Crippen molar-refractivity contribution >= 4 is 38.8 Å². The molecule has 0 saturated heterocycles. The maximum Gasteiger partial charge on any atom is 0.195 e. The number of hydrogen-bond acceptors (Lipinski definition) is 1. The van der Waals surface area contributed by atoms with Crippen molar-refractivity contribution in [2.45, 2.75) is 12.8 Å². The van der Waals surface area contributed by atoms with Crippen molar-refractivity contribution in [1.82, 2.24) is 0 Å². The number of fused-ring (bicyclic) bond motifs is 3. The largest absolute Gasteiger partial charge is 0.289 e. The maximum absolute atomic E-state index is 13.9. The van der Waals surface area contributed by atoms with Crippen molar-refractivity contribution in [2.24, 2.45) is 0 Å². The second-order valence-electron chi connectivity index (χ2n) is 8.36. The summed E-state index contributed by atoms with van der Waals surface area (Å²) in [5.41, 5.74) is 11.3. The van der Waals surface area contributed by atoms with Gasteiger partial charge in [-0.25, -0.2) is 0 Å². The minimum atomic E-state index is 0.138. The van der Waals surface area contributed by atoms with Gasteiger partial charge in [-0.15, -0.1) is 0 Å². The predicted molar refractivity (Wildman–Crippen MR) is 123 cm³/mol. The van der Waals surface area contributed by atoms with Crippen LogP contribution in [0.5, 0.6) is 0 Å². The van der Waals surface area contributed by atoms with Gasteiger partial charge in [-0.3, -0.25) is 4.79 Å². The number of hydrogen-bond donors (Lipinski definition) is 0. The van der Waals surface area contributed by atoms with Crippen molar-refractivity contribution in [3.63, 3.8) is 0 Å². The summed E-state index contributed by atoms with van der Waals surface area (Å²) in [7, 11) is 0. The molecule has 7 rings (SSSR count). The number of carbonyl (C=O) groups is 1. The second kappa shape index (κ2) is 5.67. The average molecular weight is 382 g/mol. The molecule has 1 nitrogen and oxygen atoms in total. The van der Waals surface area contributed by atoms with Gasteiger partial charge in [-0.1, -0.05) is 84.9 Å². The average Bonchev–Trinajstić information content (AvgIpc) is 3.44. The van der Waals surface area contributed by atoms with E-state index in [1.807, 2.05) is 36.4 Å². The van der Waals surface area contributed by atoms with Gasteiger partial charge in [0.05, 0.1) is 0 Å². The van der Waals surface area contributed by atoms with E-state index in [1.54, 1.807) is 0 Å². The number of aryl methyl sites for hydroxylation is 2. The first-order chi connectivity index (χ1) is 14.8. The molecule has 0 spiro atoms. The SMILES string of the molecule is O=C1C(c2ccccc2)=C2C(=C1c1ccccc1)c1ccc3c4c(ccc2c14)CC3. The van der Waals surface area contributed by atoms with Crippen molar-refractivity contribution in [3.8, 4) is 0 Å². The lowest BCUT2D eigenvalue weighted by atomic mass is 9.92. The van der Waals surface area contributed by atoms with Gasteiger partial charge in [0.2, 0.25) is 0 Å². The molecule has 4 aromatic carbocycles. The van der Waals surface area contributed by atoms with E-state index in [2.05, 4.69) is 48.5 Å². The van der Waals surface area contributed by atoms with E-state index in [9.17, 15) is 4.79 Å². The van der Waals surface area contributed by atoms with Crippen LogP contribution in [0.3, 0.4) is 0 Å². The predicted octanol–water partition coefficient (Wildman–Crippen LogP) is 6.36. The van der Waals surface area contributed by atoms with Crippen LogP contribution in [0.15, 0.2) is 84.9 Å². The smallest absolute Gasteiger partial charge is 0.195 e. The molecule has 0 atom stereocenters. The van der Waals surface area contributed by atoms with E-state index in [4.69, 9.17) is 0 Å². The molecule has 4 aromatic rings. The molecule has 0 unspecified atom stereocenters. The topological polar surface area (TPSA) is 17.1 Å². The van der Waals surface area contributed by atoms with Crippen LogP contribution in [0.1, 0.15) is 33.4 Å². The quantitative estimate of drug-likeness (QED) is 0.394. The van der Waals surface area contributed by atoms with E-state index in [1.165, 1.54) is 33.0 Å². The summed E-state index contributed by atoms with van der Waals surface area (Å²) in [6.07, 6.45) is 2.23. The second-order valence-corrected chi connectivity index (χ2v) is 8.36. The molecule has 140 valence electrons. The summed E-state index contributed by atoms with van der Waals surface area (Å²) in [5, 5.41) is 2.77. The highest BCUT2D eigenvalue weighted by atomic mass is 16.1. The maximum atomic E-state index is 13.9. The fraction of sp³-hybridized carbons (Fsp3) is 0.0690. The van der Waals surface area contributed by atoms with Gasteiger partial charge in [-0.05, 0) is 57.0 Å². The molecule has 0 fully saturated rings. The highest BCUT2D eigenvalue weighted by Gasteiger charge is 2.40. The Bertz CT molecular complexity index is 1360. The summed E-state index contributed by atoms with van der Waals surface area (Å²) in [4.78, 5) is 13.9. The zero-order valence-electron chi connectivity index (χ0n) is 16.4. The summed E-state index contributed by atoms with van der Waals surface area (Å²) >= 11 is 0. The van der Waals surface area contributed by atoms with Crippen molar-refractivity contribution < 1.29 is 4.79 Å². The van der Waals surface area contributed by atoms with E-state index >= 15 is 0 Å². The molecule has 0 amide bonds. The number of benzene rings is 4. The Morgan fingerprint density at radius 3 is 1.40 bits per heavy atom. The Hall–Kier alpha value is -3.71. The number of carbonyl (C=O) groups excluding carboxylic acids is 1. The molecule has 30 heavy (non-hydrogen) atoms. The zero-order chi connectivity index (χ0) is 19.8. The Labute approximate surface area is 175 Å². The molecule has 3 aliphatic rings. The number of Topliss-reactive ketones (excluding diaryl/α,β-unsaturated/α-hetero) is 1. The third-order valence-corrected chi connectivity index (χ3v) is 6.86. The van der Waals surface area contributed by atoms with Gasteiger partial charge in [-0.2, -0.15) is 0 Å². The standard InChI is InChI=1S/C29H18O/c30-29-24(17-7-3-1-4-8-17)27-21-15-13-19-11-12-20-14-16-22(26(21)23(19)20)28(27)25(29)18-9-5-2-6-10-18/h1-10,13-16H,11-12H2. The van der Waals surface area contributed by atoms with E-state index < -0.39 is 0 Å². The molecule has 1 heteroatoms. The van der Waals surface area contributed by atoms with Gasteiger partial charge in [0.25, 0.3) is 0 Å². The summed E-state index contributed by atoms with van der Waals surface area (Å²) in [5.74, 6) is 0.138. The molecule has 3 aliphatic carbocycles. The Morgan fingerprint density at radius 2 is 0.933 bits per heavy atom. The van der Waals surface area contributed by atoms with Crippen molar-refractivity contribution in [2.75, 3.05) is 0 Å². The zero-order valence-corrected chi connectivity index (χ0v) is 16.4. The number of rotatable bonds is 2. The van der Waals surface area contributed by atoms with E-state index in [0.717, 1.165) is 46.3 Å². The number of ketones is 1. The fourth-order valence-electron chi connectivity index (χ4n) is 5.65. The summed E-state index contributed by atoms with van der Waals surface area (Å²) < 4.78 is 0. The van der Waals surface area contributed by atoms with Crippen LogP contribution in [0.2, 0.25) is 0 Å². The number of allylic oxidation sites excluding steroid dienone is 4. The first-order valence-corrected chi connectivity index (χ1v) is 10.6. The first kappa shape index (κ1) is 16.1. The van der Waals surface area contributed by atoms with E-state index in [-0.39, 0.29) is 5.78 Å². The Balaban J connectivity index is 1.65. The lowest BCUT2D eigenvalue weighted by Gasteiger charge is -2.10. The van der Waals surface area contributed by atoms with Crippen LogP contribution in [0.4, 0.5) is 0 Å². The van der Waals surface area contributed by atoms with Crippen LogP contribution in [0.25, 0.3) is 33.1 Å². The van der Waals surface area contributed by atoms with Crippen LogP contribution >= 0.6 is 0 Å². The summed E-state index contributed by atoms with van der Waals surface area (Å²) in [6, 6.07) is 29.4. The van der Waals surface area contributed by atoms with Crippen LogP contribution < -0.4 is 0 Å². The molecule has 0 N–H and O–H groups in total. The normalized spacial score (nSPS) is 16.2. The van der Waals surface area contributed by atoms with Crippen LogP contribution in [-0.4, -0.2) is 5.78 Å². The molecule has 0 bridgehead atoms. The molecule has 0 aliphatic heterocycles. The Morgan fingerprint density at radius 1 is 0.467 bits per heavy atom. The highest BCUT2D eigenvalue weighted by Crippen LogP contribution is 2.57. The lowest BCUT2D eigenvalue weighted by Crippen LogP contribution is -2.02. The van der Waals surface area contributed by atoms with Gasteiger partial charge in [0, 0.05) is 22.3 Å². The van der Waals surface area contributed by atoms with Crippen LogP contribution in [-0.2, 0) is 17.6 Å². The van der Waals surface area contributed by atoms with Crippen molar-refractivity contribution in [3.05, 3.63) is 118 Å².